The van der Waals surface area contributed by atoms with E-state index in [1.165, 1.54) is 18.4 Å². The summed E-state index contributed by atoms with van der Waals surface area (Å²) in [6.45, 7) is 6.55. The van der Waals surface area contributed by atoms with Crippen LogP contribution in [0.2, 0.25) is 0 Å². The lowest BCUT2D eigenvalue weighted by Crippen LogP contribution is -2.39. The summed E-state index contributed by atoms with van der Waals surface area (Å²) in [4.78, 5) is 12.5. The van der Waals surface area contributed by atoms with E-state index in [0.29, 0.717) is 24.4 Å². The lowest BCUT2D eigenvalue weighted by molar-refractivity contribution is -0.117. The van der Waals surface area contributed by atoms with Crippen molar-refractivity contribution in [3.05, 3.63) is 29.8 Å². The maximum Gasteiger partial charge on any atom is 0.224 e. The third kappa shape index (κ3) is 4.48. The zero-order valence-electron chi connectivity index (χ0n) is 14.4. The second-order valence-corrected chi connectivity index (χ2v) is 8.02. The van der Waals surface area contributed by atoms with Gasteiger partial charge in [0.1, 0.15) is 0 Å². The fraction of sp³-hybridized carbons (Fsp3) is 0.632. The molecule has 1 aromatic rings. The molecule has 2 atom stereocenters. The van der Waals surface area contributed by atoms with Gasteiger partial charge in [0.2, 0.25) is 5.91 Å². The predicted molar refractivity (Wildman–Crippen MR) is 98.3 cm³/mol. The Morgan fingerprint density at radius 1 is 1.17 bits per heavy atom. The molecule has 0 aromatic heterocycles. The highest BCUT2D eigenvalue weighted by Gasteiger charge is 2.34. The molecular formula is C19H29ClN2O. The van der Waals surface area contributed by atoms with E-state index < -0.39 is 0 Å². The zero-order valence-corrected chi connectivity index (χ0v) is 15.2. The maximum atomic E-state index is 12.5. The maximum absolute atomic E-state index is 12.5. The molecule has 128 valence electrons. The topological polar surface area (TPSA) is 41.1 Å². The number of rotatable bonds is 3. The zero-order chi connectivity index (χ0) is 15.7. The highest BCUT2D eigenvalue weighted by Crippen LogP contribution is 2.33. The molecule has 2 unspecified atom stereocenters. The van der Waals surface area contributed by atoms with Crippen LogP contribution in [0.4, 0.5) is 5.69 Å². The van der Waals surface area contributed by atoms with Crippen LogP contribution in [0, 0.1) is 5.92 Å². The molecule has 0 spiro atoms. The van der Waals surface area contributed by atoms with Gasteiger partial charge >= 0.3 is 0 Å². The Morgan fingerprint density at radius 2 is 1.78 bits per heavy atom. The van der Waals surface area contributed by atoms with Crippen LogP contribution in [-0.2, 0) is 10.2 Å². The standard InChI is InChI=1S/C19H28N2O.ClH/c1-19(2,3)16-6-4-5-7-17(16)21-18(22)12-13-10-14-8-9-15(11-13)20-14;/h4-7,13-15,20H,8-12H2,1-3H3,(H,21,22);1H. The number of carbonyl (C=O) groups is 1. The number of carbonyl (C=O) groups excluding carboxylic acids is 1. The van der Waals surface area contributed by atoms with E-state index in [1.807, 2.05) is 18.2 Å². The second-order valence-electron chi connectivity index (χ2n) is 8.02. The van der Waals surface area contributed by atoms with Crippen LogP contribution < -0.4 is 10.6 Å². The van der Waals surface area contributed by atoms with Gasteiger partial charge in [-0.05, 0) is 48.6 Å². The Morgan fingerprint density at radius 3 is 2.39 bits per heavy atom. The molecule has 2 aliphatic rings. The van der Waals surface area contributed by atoms with Gasteiger partial charge in [-0.1, -0.05) is 39.0 Å². The van der Waals surface area contributed by atoms with E-state index in [1.54, 1.807) is 0 Å². The number of para-hydroxylation sites is 1. The minimum Gasteiger partial charge on any atom is -0.326 e. The Kier molecular flexibility index (Phi) is 5.74. The first kappa shape index (κ1) is 18.3. The van der Waals surface area contributed by atoms with Crippen molar-refractivity contribution in [2.75, 3.05) is 5.32 Å². The van der Waals surface area contributed by atoms with E-state index in [9.17, 15) is 4.79 Å². The van der Waals surface area contributed by atoms with Crippen molar-refractivity contribution in [1.82, 2.24) is 5.32 Å². The predicted octanol–water partition coefficient (Wildman–Crippen LogP) is 4.27. The van der Waals surface area contributed by atoms with Crippen LogP contribution in [0.25, 0.3) is 0 Å². The van der Waals surface area contributed by atoms with Gasteiger partial charge in [0.05, 0.1) is 0 Å². The SMILES string of the molecule is CC(C)(C)c1ccccc1NC(=O)CC1CC2CCC(C1)N2.Cl. The van der Waals surface area contributed by atoms with Gasteiger partial charge in [0.25, 0.3) is 0 Å². The minimum absolute atomic E-state index is 0. The van der Waals surface area contributed by atoms with Crippen LogP contribution in [0.15, 0.2) is 24.3 Å². The Hall–Kier alpha value is -1.06. The Balaban J connectivity index is 0.00000192. The number of hydrogen-bond acceptors (Lipinski definition) is 2. The fourth-order valence-corrected chi connectivity index (χ4v) is 4.05. The number of halogens is 1. The molecule has 3 rings (SSSR count). The monoisotopic (exact) mass is 336 g/mol. The van der Waals surface area contributed by atoms with Crippen molar-refractivity contribution < 1.29 is 4.79 Å². The first-order valence-electron chi connectivity index (χ1n) is 8.57. The first-order chi connectivity index (χ1) is 10.4. The highest BCUT2D eigenvalue weighted by atomic mass is 35.5. The Bertz CT molecular complexity index is 541. The van der Waals surface area contributed by atoms with E-state index in [0.717, 1.165) is 18.5 Å². The molecular weight excluding hydrogens is 308 g/mol. The van der Waals surface area contributed by atoms with Crippen LogP contribution in [0.1, 0.15) is 58.4 Å². The number of nitrogens with one attached hydrogen (secondary N) is 2. The van der Waals surface area contributed by atoms with E-state index in [-0.39, 0.29) is 23.7 Å². The van der Waals surface area contributed by atoms with Crippen molar-refractivity contribution in [3.63, 3.8) is 0 Å². The number of hydrogen-bond donors (Lipinski definition) is 2. The number of piperidine rings is 1. The van der Waals surface area contributed by atoms with E-state index in [2.05, 4.69) is 37.5 Å². The largest absolute Gasteiger partial charge is 0.326 e. The average molecular weight is 337 g/mol. The number of fused-ring (bicyclic) bond motifs is 2. The molecule has 2 saturated heterocycles. The van der Waals surface area contributed by atoms with E-state index >= 15 is 0 Å². The summed E-state index contributed by atoms with van der Waals surface area (Å²) >= 11 is 0. The first-order valence-corrected chi connectivity index (χ1v) is 8.57. The molecule has 0 radical (unpaired) electrons. The molecule has 0 saturated carbocycles. The third-order valence-corrected chi connectivity index (χ3v) is 5.05. The van der Waals surface area contributed by atoms with Crippen LogP contribution in [-0.4, -0.2) is 18.0 Å². The molecule has 3 nitrogen and oxygen atoms in total. The summed E-state index contributed by atoms with van der Waals surface area (Å²) in [7, 11) is 0. The van der Waals surface area contributed by atoms with Crippen molar-refractivity contribution in [2.24, 2.45) is 5.92 Å². The number of benzene rings is 1. The molecule has 2 N–H and O–H groups in total. The quantitative estimate of drug-likeness (QED) is 0.865. The smallest absolute Gasteiger partial charge is 0.224 e. The molecule has 1 aromatic carbocycles. The molecule has 23 heavy (non-hydrogen) atoms. The van der Waals surface area contributed by atoms with Crippen LogP contribution in [0.3, 0.4) is 0 Å². The summed E-state index contributed by atoms with van der Waals surface area (Å²) in [6.07, 6.45) is 5.55. The van der Waals surface area contributed by atoms with Gasteiger partial charge in [0, 0.05) is 24.2 Å². The van der Waals surface area contributed by atoms with Crippen LogP contribution >= 0.6 is 12.4 Å². The molecule has 0 aliphatic carbocycles. The molecule has 1 amide bonds. The van der Waals surface area contributed by atoms with Crippen molar-refractivity contribution >= 4 is 24.0 Å². The average Bonchev–Trinajstić information content (AvgIpc) is 2.77. The van der Waals surface area contributed by atoms with E-state index in [4.69, 9.17) is 0 Å². The second kappa shape index (κ2) is 7.23. The molecule has 4 heteroatoms. The molecule has 2 bridgehead atoms. The van der Waals surface area contributed by atoms with Gasteiger partial charge in [-0.15, -0.1) is 12.4 Å². The van der Waals surface area contributed by atoms with Gasteiger partial charge in [-0.25, -0.2) is 0 Å². The summed E-state index contributed by atoms with van der Waals surface area (Å²) in [5, 5.41) is 6.80. The van der Waals surface area contributed by atoms with Crippen molar-refractivity contribution in [2.45, 2.75) is 70.4 Å². The van der Waals surface area contributed by atoms with Gasteiger partial charge in [-0.2, -0.15) is 0 Å². The molecule has 2 fully saturated rings. The summed E-state index contributed by atoms with van der Waals surface area (Å²) in [5.41, 5.74) is 2.21. The third-order valence-electron chi connectivity index (χ3n) is 5.05. The number of anilines is 1. The minimum atomic E-state index is 0. The molecule has 2 heterocycles. The number of amides is 1. The van der Waals surface area contributed by atoms with Crippen molar-refractivity contribution in [1.29, 1.82) is 0 Å². The summed E-state index contributed by atoms with van der Waals surface area (Å²) < 4.78 is 0. The lowest BCUT2D eigenvalue weighted by Gasteiger charge is -2.29. The Labute approximate surface area is 146 Å². The lowest BCUT2D eigenvalue weighted by atomic mass is 9.85. The summed E-state index contributed by atoms with van der Waals surface area (Å²) in [6, 6.07) is 9.47. The van der Waals surface area contributed by atoms with Gasteiger partial charge in [0.15, 0.2) is 0 Å². The van der Waals surface area contributed by atoms with Gasteiger partial charge < -0.3 is 10.6 Å². The van der Waals surface area contributed by atoms with Crippen molar-refractivity contribution in [3.8, 4) is 0 Å². The molecule has 2 aliphatic heterocycles. The summed E-state index contributed by atoms with van der Waals surface area (Å²) in [5.74, 6) is 0.712. The normalized spacial score (nSPS) is 26.5. The fourth-order valence-electron chi connectivity index (χ4n) is 4.05. The van der Waals surface area contributed by atoms with Crippen LogP contribution in [0.5, 0.6) is 0 Å². The van der Waals surface area contributed by atoms with Gasteiger partial charge in [-0.3, -0.25) is 4.79 Å². The highest BCUT2D eigenvalue weighted by molar-refractivity contribution is 5.91.